The Morgan fingerprint density at radius 3 is 2.63 bits per heavy atom. The first kappa shape index (κ1) is 24.6. The number of nitrogens with one attached hydrogen (secondary N) is 2. The fourth-order valence-electron chi connectivity index (χ4n) is 3.54. The van der Waals surface area contributed by atoms with Crippen molar-refractivity contribution in [1.29, 1.82) is 0 Å². The second-order valence-electron chi connectivity index (χ2n) is 9.50. The highest BCUT2D eigenvalue weighted by Crippen LogP contribution is 2.30. The van der Waals surface area contributed by atoms with Crippen LogP contribution >= 0.6 is 11.3 Å². The Kier molecular flexibility index (Phi) is 6.77. The summed E-state index contributed by atoms with van der Waals surface area (Å²) >= 11 is 1.28. The molecule has 0 aliphatic heterocycles. The molecule has 4 rings (SSSR count). The van der Waals surface area contributed by atoms with Crippen molar-refractivity contribution in [1.82, 2.24) is 19.9 Å². The van der Waals surface area contributed by atoms with Gasteiger partial charge in [0.15, 0.2) is 11.7 Å². The molecule has 3 N–H and O–H groups in total. The summed E-state index contributed by atoms with van der Waals surface area (Å²) in [6.07, 6.45) is 1.63. The number of anilines is 1. The molecule has 3 heterocycles. The highest BCUT2D eigenvalue weighted by atomic mass is 32.1. The molecule has 0 unspecified atom stereocenters. The van der Waals surface area contributed by atoms with Crippen LogP contribution in [0, 0.1) is 12.8 Å². The summed E-state index contributed by atoms with van der Waals surface area (Å²) in [5, 5.41) is 16.2. The molecule has 0 radical (unpaired) electrons. The number of amides is 2. The predicted molar refractivity (Wildman–Crippen MR) is 136 cm³/mol. The number of oxazole rings is 1. The molecule has 0 fully saturated rings. The molecule has 0 aliphatic rings. The van der Waals surface area contributed by atoms with Crippen molar-refractivity contribution in [2.24, 2.45) is 5.92 Å². The van der Waals surface area contributed by atoms with Gasteiger partial charge in [0.25, 0.3) is 11.8 Å². The summed E-state index contributed by atoms with van der Waals surface area (Å²) in [6, 6.07) is 8.71. The normalized spacial score (nSPS) is 11.9. The molecule has 4 aromatic rings. The summed E-state index contributed by atoms with van der Waals surface area (Å²) in [5.41, 5.74) is 0.674. The summed E-state index contributed by atoms with van der Waals surface area (Å²) in [4.78, 5) is 35.5. The maximum atomic E-state index is 13.1. The molecular formula is C25H29N5O4S. The van der Waals surface area contributed by atoms with Gasteiger partial charge in [0.2, 0.25) is 5.95 Å². The number of imidazole rings is 1. The number of aliphatic hydroxyl groups is 1. The lowest BCUT2D eigenvalue weighted by molar-refractivity contribution is 0.0630. The number of fused-ring (bicyclic) bond motifs is 1. The molecule has 10 heteroatoms. The number of benzene rings is 1. The van der Waals surface area contributed by atoms with Gasteiger partial charge in [-0.1, -0.05) is 13.8 Å². The molecule has 2 amide bonds. The van der Waals surface area contributed by atoms with Gasteiger partial charge in [-0.3, -0.25) is 14.9 Å². The maximum absolute atomic E-state index is 13.1. The van der Waals surface area contributed by atoms with Crippen LogP contribution in [0.5, 0.6) is 0 Å². The minimum atomic E-state index is -1.05. The van der Waals surface area contributed by atoms with Gasteiger partial charge in [0, 0.05) is 19.0 Å². The van der Waals surface area contributed by atoms with Crippen LogP contribution < -0.4 is 10.6 Å². The SMILES string of the molecule is Cc1ncc(-c2ccc(C(=O)Nc3nc4cc(C(=O)NCC(C)C)ccc4n3CC(C)(C)O)s2)o1. The molecule has 3 aromatic heterocycles. The molecule has 0 spiro atoms. The number of nitrogens with zero attached hydrogens (tertiary/aromatic N) is 3. The molecular weight excluding hydrogens is 466 g/mol. The predicted octanol–water partition coefficient (Wildman–Crippen LogP) is 4.47. The lowest BCUT2D eigenvalue weighted by atomic mass is 10.1. The van der Waals surface area contributed by atoms with Crippen molar-refractivity contribution in [3.05, 3.63) is 52.9 Å². The molecule has 35 heavy (non-hydrogen) atoms. The first-order valence-corrected chi connectivity index (χ1v) is 12.2. The first-order valence-electron chi connectivity index (χ1n) is 11.3. The number of hydrogen-bond donors (Lipinski definition) is 3. The molecule has 0 saturated heterocycles. The zero-order chi connectivity index (χ0) is 25.3. The van der Waals surface area contributed by atoms with Gasteiger partial charge in [-0.05, 0) is 50.1 Å². The van der Waals surface area contributed by atoms with Crippen molar-refractivity contribution in [2.45, 2.75) is 46.8 Å². The van der Waals surface area contributed by atoms with Crippen LogP contribution in [0.3, 0.4) is 0 Å². The second kappa shape index (κ2) is 9.63. The molecule has 0 bridgehead atoms. The van der Waals surface area contributed by atoms with Gasteiger partial charge in [-0.2, -0.15) is 0 Å². The number of aryl methyl sites for hydroxylation is 1. The average Bonchev–Trinajstić information content (AvgIpc) is 3.50. The molecule has 1 aromatic carbocycles. The Balaban J connectivity index is 1.63. The van der Waals surface area contributed by atoms with Gasteiger partial charge >= 0.3 is 0 Å². The molecule has 184 valence electrons. The Bertz CT molecular complexity index is 1380. The smallest absolute Gasteiger partial charge is 0.268 e. The summed E-state index contributed by atoms with van der Waals surface area (Å²) < 4.78 is 7.29. The van der Waals surface area contributed by atoms with Gasteiger partial charge < -0.3 is 19.4 Å². The van der Waals surface area contributed by atoms with E-state index < -0.39 is 5.60 Å². The number of carbonyl (C=O) groups excluding carboxylic acids is 2. The Hall–Kier alpha value is -3.50. The van der Waals surface area contributed by atoms with E-state index in [1.54, 1.807) is 61.9 Å². The van der Waals surface area contributed by atoms with Crippen LogP contribution in [0.4, 0.5) is 5.95 Å². The summed E-state index contributed by atoms with van der Waals surface area (Å²) in [5.74, 6) is 1.26. The van der Waals surface area contributed by atoms with E-state index in [1.807, 2.05) is 13.8 Å². The largest absolute Gasteiger partial charge is 0.440 e. The number of hydrogen-bond acceptors (Lipinski definition) is 7. The number of aromatic nitrogens is 3. The van der Waals surface area contributed by atoms with Gasteiger partial charge in [0.05, 0.1) is 39.1 Å². The van der Waals surface area contributed by atoms with Crippen molar-refractivity contribution in [3.63, 3.8) is 0 Å². The quantitative estimate of drug-likeness (QED) is 0.331. The zero-order valence-electron chi connectivity index (χ0n) is 20.4. The standard InChI is InChI=1S/C25H29N5O4S/c1-14(2)11-27-22(31)16-6-7-18-17(10-16)28-24(30(18)13-25(4,5)33)29-23(32)21-9-8-20(35-21)19-12-26-15(3)34-19/h6-10,12,14,33H,11,13H2,1-5H3,(H,27,31)(H,28,29,32). The van der Waals surface area contributed by atoms with Crippen LogP contribution in [0.25, 0.3) is 21.7 Å². The van der Waals surface area contributed by atoms with E-state index >= 15 is 0 Å². The third-order valence-corrected chi connectivity index (χ3v) is 6.24. The minimum absolute atomic E-state index is 0.183. The summed E-state index contributed by atoms with van der Waals surface area (Å²) in [7, 11) is 0. The summed E-state index contributed by atoms with van der Waals surface area (Å²) in [6.45, 7) is 9.95. The van der Waals surface area contributed by atoms with Crippen LogP contribution in [0.1, 0.15) is 53.6 Å². The molecule has 0 saturated carbocycles. The van der Waals surface area contributed by atoms with E-state index in [0.717, 1.165) is 4.88 Å². The first-order chi connectivity index (χ1) is 16.5. The highest BCUT2D eigenvalue weighted by molar-refractivity contribution is 7.17. The van der Waals surface area contributed by atoms with E-state index in [4.69, 9.17) is 4.42 Å². The van der Waals surface area contributed by atoms with Crippen molar-refractivity contribution in [3.8, 4) is 10.6 Å². The van der Waals surface area contributed by atoms with E-state index in [-0.39, 0.29) is 24.3 Å². The number of rotatable bonds is 8. The minimum Gasteiger partial charge on any atom is -0.440 e. The van der Waals surface area contributed by atoms with E-state index in [0.29, 0.717) is 45.6 Å². The lowest BCUT2D eigenvalue weighted by Crippen LogP contribution is -2.28. The van der Waals surface area contributed by atoms with Crippen molar-refractivity contribution in [2.75, 3.05) is 11.9 Å². The second-order valence-corrected chi connectivity index (χ2v) is 10.6. The average molecular weight is 496 g/mol. The zero-order valence-corrected chi connectivity index (χ0v) is 21.2. The fraction of sp³-hybridized carbons (Fsp3) is 0.360. The number of thiophene rings is 1. The topological polar surface area (TPSA) is 122 Å². The Morgan fingerprint density at radius 1 is 1.20 bits per heavy atom. The maximum Gasteiger partial charge on any atom is 0.268 e. The highest BCUT2D eigenvalue weighted by Gasteiger charge is 2.22. The van der Waals surface area contributed by atoms with Crippen LogP contribution in [-0.2, 0) is 6.54 Å². The van der Waals surface area contributed by atoms with Crippen molar-refractivity contribution < 1.29 is 19.1 Å². The van der Waals surface area contributed by atoms with E-state index in [1.165, 1.54) is 11.3 Å². The number of carbonyl (C=O) groups is 2. The van der Waals surface area contributed by atoms with Gasteiger partial charge in [-0.15, -0.1) is 11.3 Å². The molecule has 9 nitrogen and oxygen atoms in total. The third-order valence-electron chi connectivity index (χ3n) is 5.15. The van der Waals surface area contributed by atoms with Gasteiger partial charge in [0.1, 0.15) is 0 Å². The molecule has 0 aliphatic carbocycles. The Morgan fingerprint density at radius 2 is 1.97 bits per heavy atom. The van der Waals surface area contributed by atoms with Crippen LogP contribution in [0.15, 0.2) is 40.9 Å². The monoisotopic (exact) mass is 495 g/mol. The van der Waals surface area contributed by atoms with Crippen LogP contribution in [0.2, 0.25) is 0 Å². The third kappa shape index (κ3) is 5.77. The Labute approximate surface area is 207 Å². The fourth-order valence-corrected chi connectivity index (χ4v) is 4.39. The van der Waals surface area contributed by atoms with E-state index in [9.17, 15) is 14.7 Å². The van der Waals surface area contributed by atoms with Gasteiger partial charge in [-0.25, -0.2) is 9.97 Å². The van der Waals surface area contributed by atoms with E-state index in [2.05, 4.69) is 20.6 Å². The van der Waals surface area contributed by atoms with Crippen LogP contribution in [-0.4, -0.2) is 43.6 Å². The molecule has 0 atom stereocenters. The lowest BCUT2D eigenvalue weighted by Gasteiger charge is -2.20. The van der Waals surface area contributed by atoms with Crippen molar-refractivity contribution >= 4 is 40.1 Å².